The highest BCUT2D eigenvalue weighted by molar-refractivity contribution is 7.99. The number of allylic oxidation sites excluding steroid dienone is 3. The molecule has 1 aliphatic heterocycles. The molecular weight excluding hydrogens is 412 g/mol. The van der Waals surface area contributed by atoms with Crippen LogP contribution in [-0.4, -0.2) is 31.3 Å². The van der Waals surface area contributed by atoms with Gasteiger partial charge in [-0.3, -0.25) is 14.4 Å². The van der Waals surface area contributed by atoms with E-state index in [-0.39, 0.29) is 30.4 Å². The van der Waals surface area contributed by atoms with Crippen molar-refractivity contribution in [2.24, 2.45) is 0 Å². The number of nitrogens with one attached hydrogen (secondary N) is 1. The van der Waals surface area contributed by atoms with Crippen LogP contribution in [0.3, 0.4) is 0 Å². The summed E-state index contributed by atoms with van der Waals surface area (Å²) in [5.74, 6) is -0.101. The average Bonchev–Trinajstić information content (AvgIpc) is 2.87. The number of carbonyl (C=O) groups excluding carboxylic acids is 3. The Kier molecular flexibility index (Phi) is 5.95. The van der Waals surface area contributed by atoms with Crippen molar-refractivity contribution in [3.05, 3.63) is 71.5 Å². The number of methoxy groups -OCH3 is 1. The van der Waals surface area contributed by atoms with Crippen molar-refractivity contribution in [1.82, 2.24) is 0 Å². The highest BCUT2D eigenvalue weighted by Crippen LogP contribution is 2.42. The lowest BCUT2D eigenvalue weighted by atomic mass is 9.99. The molecule has 0 unspecified atom stereocenters. The van der Waals surface area contributed by atoms with E-state index in [1.54, 1.807) is 28.8 Å². The fourth-order valence-electron chi connectivity index (χ4n) is 3.67. The van der Waals surface area contributed by atoms with Gasteiger partial charge in [0.2, 0.25) is 11.7 Å². The van der Waals surface area contributed by atoms with E-state index in [9.17, 15) is 14.4 Å². The molecule has 6 nitrogen and oxygen atoms in total. The van der Waals surface area contributed by atoms with Crippen LogP contribution in [0.4, 0.5) is 11.4 Å². The van der Waals surface area contributed by atoms with Gasteiger partial charge in [-0.1, -0.05) is 35.5 Å². The van der Waals surface area contributed by atoms with Crippen molar-refractivity contribution < 1.29 is 19.1 Å². The molecule has 7 heteroatoms. The van der Waals surface area contributed by atoms with Gasteiger partial charge in [-0.05, 0) is 43.3 Å². The van der Waals surface area contributed by atoms with Crippen LogP contribution < -0.4 is 10.2 Å². The number of hydrogen-bond acceptors (Lipinski definition) is 5. The smallest absolute Gasteiger partial charge is 0.259 e. The molecule has 2 amide bonds. The molecule has 4 rings (SSSR count). The maximum absolute atomic E-state index is 13.1. The summed E-state index contributed by atoms with van der Waals surface area (Å²) < 4.78 is 5.00. The molecule has 0 atom stereocenters. The molecule has 0 spiro atoms. The maximum atomic E-state index is 13.1. The van der Waals surface area contributed by atoms with E-state index in [1.807, 2.05) is 49.4 Å². The second-order valence-electron chi connectivity index (χ2n) is 7.21. The third kappa shape index (κ3) is 4.27. The van der Waals surface area contributed by atoms with Gasteiger partial charge in [-0.15, -0.1) is 0 Å². The Morgan fingerprint density at radius 1 is 1.13 bits per heavy atom. The summed E-state index contributed by atoms with van der Waals surface area (Å²) >= 11 is 1.54. The van der Waals surface area contributed by atoms with E-state index in [1.165, 1.54) is 7.11 Å². The van der Waals surface area contributed by atoms with Gasteiger partial charge in [0.05, 0.1) is 18.4 Å². The van der Waals surface area contributed by atoms with Crippen LogP contribution in [0.2, 0.25) is 0 Å². The Morgan fingerprint density at radius 3 is 2.68 bits per heavy atom. The fraction of sp³-hybridized carbons (Fsp3) is 0.208. The number of nitrogens with zero attached hydrogens (tertiary/aromatic N) is 1. The number of anilines is 2. The number of amides is 2. The minimum absolute atomic E-state index is 0.0561. The molecule has 1 N–H and O–H groups in total. The number of carbonyl (C=O) groups is 3. The molecule has 31 heavy (non-hydrogen) atoms. The summed E-state index contributed by atoms with van der Waals surface area (Å²) in [5.41, 5.74) is 2.78. The number of Topliss-reactive ketones (excluding diaryl/α,β-unsaturated/α-hetero) is 1. The number of benzene rings is 2. The minimum Gasteiger partial charge on any atom is -0.493 e. The van der Waals surface area contributed by atoms with Crippen LogP contribution in [0.1, 0.15) is 30.1 Å². The summed E-state index contributed by atoms with van der Waals surface area (Å²) in [4.78, 5) is 41.2. The third-order valence-electron chi connectivity index (χ3n) is 5.17. The Labute approximate surface area is 185 Å². The van der Waals surface area contributed by atoms with Gasteiger partial charge in [0.1, 0.15) is 0 Å². The first kappa shape index (κ1) is 20.9. The summed E-state index contributed by atoms with van der Waals surface area (Å²) in [6.45, 7) is 2.45. The van der Waals surface area contributed by atoms with Crippen molar-refractivity contribution >= 4 is 40.7 Å². The number of hydrogen-bond donors (Lipinski definition) is 1. The zero-order valence-corrected chi connectivity index (χ0v) is 18.1. The van der Waals surface area contributed by atoms with Crippen LogP contribution in [0.5, 0.6) is 0 Å². The lowest BCUT2D eigenvalue weighted by molar-refractivity contribution is -0.118. The topological polar surface area (TPSA) is 75.7 Å². The van der Waals surface area contributed by atoms with Gasteiger partial charge in [0.25, 0.3) is 5.91 Å². The molecule has 0 aromatic heterocycles. The van der Waals surface area contributed by atoms with Gasteiger partial charge in [-0.25, -0.2) is 0 Å². The second kappa shape index (κ2) is 8.81. The van der Waals surface area contributed by atoms with Gasteiger partial charge in [0, 0.05) is 34.9 Å². The Bertz CT molecular complexity index is 1140. The van der Waals surface area contributed by atoms with E-state index in [0.717, 1.165) is 21.1 Å². The standard InChI is InChI=1S/C24H22N2O4S/c1-3-26-18-14-16(25-23(28)13-15-8-10-20(30-2)19(27)12-15)9-11-22(18)31-21-7-5-4-6-17(21)24(26)29/h4-11,14H,3,12-13H2,1-2H3,(H,25,28). The molecule has 0 radical (unpaired) electrons. The molecule has 2 aromatic rings. The second-order valence-corrected chi connectivity index (χ2v) is 8.30. The summed E-state index contributed by atoms with van der Waals surface area (Å²) in [6, 6.07) is 13.1. The minimum atomic E-state index is -0.216. The Balaban J connectivity index is 1.55. The quantitative estimate of drug-likeness (QED) is 0.746. The highest BCUT2D eigenvalue weighted by Gasteiger charge is 2.26. The number of ether oxygens (including phenoxy) is 1. The maximum Gasteiger partial charge on any atom is 0.259 e. The molecule has 2 aliphatic rings. The van der Waals surface area contributed by atoms with E-state index in [2.05, 4.69) is 5.32 Å². The van der Waals surface area contributed by atoms with Crippen molar-refractivity contribution in [2.45, 2.75) is 29.6 Å². The Morgan fingerprint density at radius 2 is 1.94 bits per heavy atom. The summed E-state index contributed by atoms with van der Waals surface area (Å²) in [6.07, 6.45) is 3.63. The van der Waals surface area contributed by atoms with Crippen molar-refractivity contribution in [2.75, 3.05) is 23.9 Å². The van der Waals surface area contributed by atoms with E-state index >= 15 is 0 Å². The van der Waals surface area contributed by atoms with Gasteiger partial charge < -0.3 is 15.0 Å². The summed E-state index contributed by atoms with van der Waals surface area (Å²) in [7, 11) is 1.45. The Hall–Kier alpha value is -3.32. The lowest BCUT2D eigenvalue weighted by Gasteiger charge is -2.22. The zero-order chi connectivity index (χ0) is 22.0. The zero-order valence-electron chi connectivity index (χ0n) is 17.3. The summed E-state index contributed by atoms with van der Waals surface area (Å²) in [5, 5.41) is 2.89. The van der Waals surface area contributed by atoms with Crippen molar-refractivity contribution in [3.8, 4) is 0 Å². The molecule has 0 fully saturated rings. The monoisotopic (exact) mass is 434 g/mol. The molecule has 1 heterocycles. The highest BCUT2D eigenvalue weighted by atomic mass is 32.2. The van der Waals surface area contributed by atoms with Crippen molar-refractivity contribution in [1.29, 1.82) is 0 Å². The number of fused-ring (bicyclic) bond motifs is 2. The molecule has 2 aromatic carbocycles. The third-order valence-corrected chi connectivity index (χ3v) is 6.31. The van der Waals surface area contributed by atoms with Gasteiger partial charge in [-0.2, -0.15) is 0 Å². The first-order valence-electron chi connectivity index (χ1n) is 9.99. The van der Waals surface area contributed by atoms with Crippen molar-refractivity contribution in [3.63, 3.8) is 0 Å². The molecule has 0 saturated heterocycles. The van der Waals surface area contributed by atoms with Crippen LogP contribution in [0.15, 0.2) is 75.7 Å². The molecular formula is C24H22N2O4S. The predicted octanol–water partition coefficient (Wildman–Crippen LogP) is 4.58. The fourth-order valence-corrected chi connectivity index (χ4v) is 4.72. The normalized spacial score (nSPS) is 15.4. The number of rotatable bonds is 5. The van der Waals surface area contributed by atoms with Crippen LogP contribution in [0.25, 0.3) is 0 Å². The van der Waals surface area contributed by atoms with E-state index in [4.69, 9.17) is 4.74 Å². The SMILES string of the molecule is CCN1C(=O)c2ccccc2Sc2ccc(NC(=O)CC3=CC=C(OC)C(=O)C3)cc21. The van der Waals surface area contributed by atoms with Crippen LogP contribution >= 0.6 is 11.8 Å². The first-order valence-corrected chi connectivity index (χ1v) is 10.8. The average molecular weight is 435 g/mol. The predicted molar refractivity (Wildman–Crippen MR) is 120 cm³/mol. The molecule has 0 bridgehead atoms. The van der Waals surface area contributed by atoms with Crippen LogP contribution in [0, 0.1) is 0 Å². The van der Waals surface area contributed by atoms with Crippen LogP contribution in [-0.2, 0) is 14.3 Å². The van der Waals surface area contributed by atoms with Gasteiger partial charge >= 0.3 is 0 Å². The molecule has 158 valence electrons. The van der Waals surface area contributed by atoms with E-state index < -0.39 is 0 Å². The molecule has 0 saturated carbocycles. The lowest BCUT2D eigenvalue weighted by Crippen LogP contribution is -2.30. The van der Waals surface area contributed by atoms with E-state index in [0.29, 0.717) is 23.6 Å². The molecule has 1 aliphatic carbocycles. The first-order chi connectivity index (χ1) is 15.0. The number of ketones is 1. The van der Waals surface area contributed by atoms with Gasteiger partial charge in [0.15, 0.2) is 5.76 Å². The largest absolute Gasteiger partial charge is 0.493 e.